The Balaban J connectivity index is 1.72. The van der Waals surface area contributed by atoms with Crippen LogP contribution < -0.4 is 9.47 Å². The lowest BCUT2D eigenvalue weighted by Crippen LogP contribution is -2.45. The van der Waals surface area contributed by atoms with Gasteiger partial charge in [-0.05, 0) is 44.0 Å². The molecule has 5 heteroatoms. The predicted molar refractivity (Wildman–Crippen MR) is 77.7 cm³/mol. The molecule has 2 heterocycles. The summed E-state index contributed by atoms with van der Waals surface area (Å²) in [6.45, 7) is 4.88. The second kappa shape index (κ2) is 5.93. The summed E-state index contributed by atoms with van der Waals surface area (Å²) in [6.07, 6.45) is 1.71. The predicted octanol–water partition coefficient (Wildman–Crippen LogP) is 2.14. The van der Waals surface area contributed by atoms with Crippen molar-refractivity contribution >= 4 is 5.97 Å². The highest BCUT2D eigenvalue weighted by atomic mass is 16.6. The maximum absolute atomic E-state index is 11.3. The molecule has 1 saturated heterocycles. The second-order valence-corrected chi connectivity index (χ2v) is 5.78. The highest BCUT2D eigenvalue weighted by molar-refractivity contribution is 5.71. The van der Waals surface area contributed by atoms with E-state index in [2.05, 4.69) is 4.90 Å². The molecule has 0 spiro atoms. The lowest BCUT2D eigenvalue weighted by atomic mass is 9.90. The summed E-state index contributed by atoms with van der Waals surface area (Å²) in [5.74, 6) is 0.628. The van der Waals surface area contributed by atoms with Gasteiger partial charge in [-0.25, -0.2) is 0 Å². The lowest BCUT2D eigenvalue weighted by molar-refractivity contribution is -0.145. The van der Waals surface area contributed by atoms with Crippen LogP contribution in [0.5, 0.6) is 11.5 Å². The number of likely N-dealkylation sites (tertiary alicyclic amines) is 1. The number of hydrogen-bond donors (Lipinski definition) is 1. The summed E-state index contributed by atoms with van der Waals surface area (Å²) in [6, 6.07) is 6.04. The van der Waals surface area contributed by atoms with E-state index >= 15 is 0 Å². The Labute approximate surface area is 124 Å². The van der Waals surface area contributed by atoms with Gasteiger partial charge in [0.15, 0.2) is 11.5 Å². The van der Waals surface area contributed by atoms with Gasteiger partial charge in [-0.15, -0.1) is 0 Å². The van der Waals surface area contributed by atoms with Crippen LogP contribution in [0, 0.1) is 5.92 Å². The third-order valence-electron chi connectivity index (χ3n) is 4.43. The fraction of sp³-hybridized carbons (Fsp3) is 0.562. The van der Waals surface area contributed by atoms with E-state index in [1.54, 1.807) is 0 Å². The Kier molecular flexibility index (Phi) is 4.01. The number of carboxylic acid groups (broad SMARTS) is 1. The molecule has 0 aliphatic carbocycles. The molecule has 2 atom stereocenters. The number of hydrogen-bond acceptors (Lipinski definition) is 4. The maximum atomic E-state index is 11.3. The van der Waals surface area contributed by atoms with Gasteiger partial charge in [-0.2, -0.15) is 0 Å². The fourth-order valence-electron chi connectivity index (χ4n) is 3.19. The van der Waals surface area contributed by atoms with Crippen LogP contribution in [0.2, 0.25) is 0 Å². The number of benzene rings is 1. The van der Waals surface area contributed by atoms with Crippen molar-refractivity contribution in [1.82, 2.24) is 4.90 Å². The van der Waals surface area contributed by atoms with E-state index in [9.17, 15) is 9.90 Å². The van der Waals surface area contributed by atoms with Crippen molar-refractivity contribution in [2.24, 2.45) is 5.92 Å². The third-order valence-corrected chi connectivity index (χ3v) is 4.43. The van der Waals surface area contributed by atoms with E-state index in [0.29, 0.717) is 13.2 Å². The molecule has 0 aromatic heterocycles. The zero-order valence-electron chi connectivity index (χ0n) is 12.2. The van der Waals surface area contributed by atoms with Crippen molar-refractivity contribution in [3.63, 3.8) is 0 Å². The molecule has 2 aliphatic rings. The molecule has 21 heavy (non-hydrogen) atoms. The number of aliphatic carboxylic acids is 1. The van der Waals surface area contributed by atoms with E-state index in [4.69, 9.17) is 9.47 Å². The van der Waals surface area contributed by atoms with Crippen molar-refractivity contribution in [3.05, 3.63) is 23.8 Å². The van der Waals surface area contributed by atoms with Gasteiger partial charge in [0, 0.05) is 12.6 Å². The van der Waals surface area contributed by atoms with E-state index < -0.39 is 5.97 Å². The molecular weight excluding hydrogens is 270 g/mol. The molecule has 1 aromatic rings. The lowest BCUT2D eigenvalue weighted by Gasteiger charge is -2.37. The van der Waals surface area contributed by atoms with Crippen molar-refractivity contribution in [3.8, 4) is 11.5 Å². The quantitative estimate of drug-likeness (QED) is 0.924. The van der Waals surface area contributed by atoms with Crippen molar-refractivity contribution in [2.45, 2.75) is 32.4 Å². The summed E-state index contributed by atoms with van der Waals surface area (Å²) >= 11 is 0. The summed E-state index contributed by atoms with van der Waals surface area (Å²) in [7, 11) is 0. The van der Waals surface area contributed by atoms with Crippen LogP contribution in [-0.2, 0) is 11.3 Å². The van der Waals surface area contributed by atoms with Gasteiger partial charge in [0.2, 0.25) is 0 Å². The Morgan fingerprint density at radius 1 is 1.33 bits per heavy atom. The molecular formula is C16H21NO4. The smallest absolute Gasteiger partial charge is 0.308 e. The molecule has 0 radical (unpaired) electrons. The van der Waals surface area contributed by atoms with E-state index in [1.807, 2.05) is 25.1 Å². The summed E-state index contributed by atoms with van der Waals surface area (Å²) in [5, 5.41) is 9.29. The van der Waals surface area contributed by atoms with Gasteiger partial charge >= 0.3 is 5.97 Å². The average molecular weight is 291 g/mol. The van der Waals surface area contributed by atoms with Crippen molar-refractivity contribution in [2.75, 3.05) is 19.8 Å². The molecule has 0 amide bonds. The SMILES string of the molecule is C[C@@H]1[C@H](C(=O)O)CCCN1Cc1ccc2c(c1)OCCO2. The normalized spacial score (nSPS) is 25.6. The van der Waals surface area contributed by atoms with Crippen LogP contribution in [-0.4, -0.2) is 41.8 Å². The Morgan fingerprint density at radius 2 is 2.10 bits per heavy atom. The summed E-state index contributed by atoms with van der Waals surface area (Å²) < 4.78 is 11.1. The number of rotatable bonds is 3. The van der Waals surface area contributed by atoms with Crippen LogP contribution in [0.15, 0.2) is 18.2 Å². The molecule has 0 unspecified atom stereocenters. The first-order valence-electron chi connectivity index (χ1n) is 7.50. The van der Waals surface area contributed by atoms with Gasteiger partial charge in [-0.3, -0.25) is 9.69 Å². The first kappa shape index (κ1) is 14.2. The Hall–Kier alpha value is -1.75. The van der Waals surface area contributed by atoms with E-state index in [-0.39, 0.29) is 12.0 Å². The number of fused-ring (bicyclic) bond motifs is 1. The number of ether oxygens (including phenoxy) is 2. The van der Waals surface area contributed by atoms with E-state index in [0.717, 1.165) is 43.0 Å². The van der Waals surface area contributed by atoms with Gasteiger partial charge < -0.3 is 14.6 Å². The van der Waals surface area contributed by atoms with Gasteiger partial charge in [0.1, 0.15) is 13.2 Å². The first-order chi connectivity index (χ1) is 10.1. The minimum Gasteiger partial charge on any atom is -0.486 e. The number of piperidine rings is 1. The zero-order chi connectivity index (χ0) is 14.8. The molecule has 1 N–H and O–H groups in total. The summed E-state index contributed by atoms with van der Waals surface area (Å²) in [5.41, 5.74) is 1.14. The molecule has 5 nitrogen and oxygen atoms in total. The highest BCUT2D eigenvalue weighted by Crippen LogP contribution is 2.32. The minimum absolute atomic E-state index is 0.0597. The fourth-order valence-corrected chi connectivity index (χ4v) is 3.19. The monoisotopic (exact) mass is 291 g/mol. The molecule has 1 aromatic carbocycles. The first-order valence-corrected chi connectivity index (χ1v) is 7.50. The molecule has 2 aliphatic heterocycles. The van der Waals surface area contributed by atoms with Crippen molar-refractivity contribution in [1.29, 1.82) is 0 Å². The number of carboxylic acids is 1. The van der Waals surface area contributed by atoms with Gasteiger partial charge in [0.05, 0.1) is 5.92 Å². The molecule has 0 bridgehead atoms. The average Bonchev–Trinajstić information content (AvgIpc) is 2.49. The number of carbonyl (C=O) groups is 1. The molecule has 0 saturated carbocycles. The van der Waals surface area contributed by atoms with E-state index in [1.165, 1.54) is 0 Å². The zero-order valence-corrected chi connectivity index (χ0v) is 12.2. The van der Waals surface area contributed by atoms with Crippen LogP contribution in [0.3, 0.4) is 0 Å². The van der Waals surface area contributed by atoms with Crippen LogP contribution in [0.1, 0.15) is 25.3 Å². The largest absolute Gasteiger partial charge is 0.486 e. The van der Waals surface area contributed by atoms with Gasteiger partial charge in [0.25, 0.3) is 0 Å². The standard InChI is InChI=1S/C16H21NO4/c1-11-13(16(18)19)3-2-6-17(11)10-12-4-5-14-15(9-12)21-8-7-20-14/h4-5,9,11,13H,2-3,6-8,10H2,1H3,(H,18,19)/t11-,13-/m1/s1. The van der Waals surface area contributed by atoms with Gasteiger partial charge in [-0.1, -0.05) is 6.07 Å². The second-order valence-electron chi connectivity index (χ2n) is 5.78. The Bertz CT molecular complexity index is 531. The molecule has 3 rings (SSSR count). The number of nitrogens with zero attached hydrogens (tertiary/aromatic N) is 1. The van der Waals surface area contributed by atoms with Crippen LogP contribution in [0.4, 0.5) is 0 Å². The van der Waals surface area contributed by atoms with Crippen molar-refractivity contribution < 1.29 is 19.4 Å². The third kappa shape index (κ3) is 2.97. The van der Waals surface area contributed by atoms with Crippen LogP contribution in [0.25, 0.3) is 0 Å². The molecule has 1 fully saturated rings. The maximum Gasteiger partial charge on any atom is 0.308 e. The van der Waals surface area contributed by atoms with Crippen LogP contribution >= 0.6 is 0 Å². The summed E-state index contributed by atoms with van der Waals surface area (Å²) in [4.78, 5) is 13.5. The minimum atomic E-state index is -0.686. The Morgan fingerprint density at radius 3 is 2.86 bits per heavy atom. The molecule has 114 valence electrons. The highest BCUT2D eigenvalue weighted by Gasteiger charge is 2.32. The topological polar surface area (TPSA) is 59.0 Å².